The maximum Gasteiger partial charge on any atom is 0.261 e. The Morgan fingerprint density at radius 1 is 0.747 bits per heavy atom. The fourth-order valence-electron chi connectivity index (χ4n) is 10.3. The molecule has 3 fully saturated rings. The maximum atomic E-state index is 14.6. The van der Waals surface area contributed by atoms with Crippen molar-refractivity contribution in [2.75, 3.05) is 19.6 Å². The predicted octanol–water partition coefficient (Wildman–Crippen LogP) is -1.24. The average molecular weight is 1180 g/mol. The number of aryl methyl sites for hydroxylation is 1. The van der Waals surface area contributed by atoms with E-state index in [-0.39, 0.29) is 29.2 Å². The summed E-state index contributed by atoms with van der Waals surface area (Å²) in [6.07, 6.45) is -6.71. The Hall–Kier alpha value is -6.99. The number of benzene rings is 3. The number of β-amino-alcohol motifs (C(OH)–C–C–N with tert-alkyl or cyclic N) is 1. The second-order valence-corrected chi connectivity index (χ2v) is 21.6. The molecule has 0 saturated carbocycles. The van der Waals surface area contributed by atoms with Crippen LogP contribution in [0.4, 0.5) is 0 Å². The van der Waals surface area contributed by atoms with Gasteiger partial charge in [-0.05, 0) is 66.3 Å². The summed E-state index contributed by atoms with van der Waals surface area (Å²) in [4.78, 5) is 115. The number of nitrogens with one attached hydrogen (secondary N) is 5. The lowest BCUT2D eigenvalue weighted by molar-refractivity contribution is -0.433. The lowest BCUT2D eigenvalue weighted by Gasteiger charge is -2.33. The number of primary amides is 1. The van der Waals surface area contributed by atoms with Gasteiger partial charge in [-0.1, -0.05) is 91.4 Å². The molecule has 3 heterocycles. The fourth-order valence-corrected chi connectivity index (χ4v) is 10.5. The lowest BCUT2D eigenvalue weighted by atomic mass is 9.98. The first-order chi connectivity index (χ1) is 39.5. The normalized spacial score (nSPS) is 26.0. The number of fused-ring (bicyclic) bond motifs is 2. The topological polar surface area (TPSA) is 419 Å². The summed E-state index contributed by atoms with van der Waals surface area (Å²) >= 11 is 0.0622. The van der Waals surface area contributed by atoms with Gasteiger partial charge in [0, 0.05) is 50.4 Å². The van der Waals surface area contributed by atoms with E-state index in [1.54, 1.807) is 12.1 Å². The largest absolute Gasteiger partial charge is 0.504 e. The Morgan fingerprint density at radius 2 is 1.37 bits per heavy atom. The zero-order chi connectivity index (χ0) is 60.7. The van der Waals surface area contributed by atoms with Crippen LogP contribution < -0.4 is 36.5 Å². The molecule has 6 rings (SSSR count). The minimum atomic E-state index is -2.20. The first-order valence-electron chi connectivity index (χ1n) is 27.3. The molecule has 0 radical (unpaired) electrons. The second kappa shape index (κ2) is 30.5. The highest BCUT2D eigenvalue weighted by Crippen LogP contribution is 2.32. The van der Waals surface area contributed by atoms with Crippen LogP contribution in [0.5, 0.6) is 11.5 Å². The van der Waals surface area contributed by atoms with Crippen LogP contribution in [0.15, 0.2) is 66.7 Å². The first-order valence-corrected chi connectivity index (χ1v) is 28.0. The molecule has 3 aromatic rings. The van der Waals surface area contributed by atoms with Gasteiger partial charge in [0.2, 0.25) is 41.4 Å². The molecule has 13 atom stereocenters. The molecular formula is C55H74N8O19S. The number of aromatic hydroxyl groups is 1. The van der Waals surface area contributed by atoms with E-state index in [9.17, 15) is 74.1 Å². The third-order valence-electron chi connectivity index (χ3n) is 14.8. The minimum absolute atomic E-state index is 0.0622. The molecule has 15 N–H and O–H groups in total. The van der Waals surface area contributed by atoms with E-state index >= 15 is 0 Å². The Labute approximate surface area is 482 Å². The Bertz CT molecular complexity index is 2740. The maximum absolute atomic E-state index is 14.6. The molecule has 3 aromatic carbocycles. The number of aliphatic hydroxyl groups excluding tert-OH is 6. The smallest absolute Gasteiger partial charge is 0.261 e. The Morgan fingerprint density at radius 3 is 2.02 bits per heavy atom. The Balaban J connectivity index is 1.34. The van der Waals surface area contributed by atoms with Crippen LogP contribution in [-0.4, -0.2) is 191 Å². The van der Waals surface area contributed by atoms with Gasteiger partial charge in [0.25, 0.3) is 18.2 Å². The van der Waals surface area contributed by atoms with E-state index in [1.807, 2.05) is 24.3 Å². The molecule has 0 bridgehead atoms. The number of amides is 8. The Kier molecular flexibility index (Phi) is 24.0. The van der Waals surface area contributed by atoms with Crippen LogP contribution in [0.3, 0.4) is 0 Å². The van der Waals surface area contributed by atoms with E-state index in [1.165, 1.54) is 43.5 Å². The zero-order valence-corrected chi connectivity index (χ0v) is 46.8. The fraction of sp³-hybridized carbons (Fsp3) is 0.527. The van der Waals surface area contributed by atoms with Gasteiger partial charge >= 0.3 is 0 Å². The number of hydrogen-bond donors (Lipinski definition) is 14. The number of unbranched alkanes of at least 4 members (excludes halogenated alkanes) is 4. The van der Waals surface area contributed by atoms with Gasteiger partial charge in [0.15, 0.2) is 11.5 Å². The molecule has 8 amide bonds. The summed E-state index contributed by atoms with van der Waals surface area (Å²) in [7, 11) is 0. The van der Waals surface area contributed by atoms with Crippen molar-refractivity contribution in [1.29, 1.82) is 0 Å². The van der Waals surface area contributed by atoms with E-state index in [2.05, 4.69) is 42.9 Å². The van der Waals surface area contributed by atoms with Crippen molar-refractivity contribution >= 4 is 59.6 Å². The van der Waals surface area contributed by atoms with Gasteiger partial charge in [-0.25, -0.2) is 5.26 Å². The van der Waals surface area contributed by atoms with Gasteiger partial charge in [-0.15, -0.1) is 0 Å². The van der Waals surface area contributed by atoms with Crippen molar-refractivity contribution in [1.82, 2.24) is 36.4 Å². The monoisotopic (exact) mass is 1180 g/mol. The SMILES string of the molecule is CCCCCCCc1ccc(-c2ccc(C(=O)NC3CC(O)CNC(=O)C4C(O)C(C)CN4C(=O)C(C(O)CC(N)=O)NC(=O)C(C(O)Cc4ccc(O)c(OSOOO)c4)NC(=O)C4CC(O)CN4C(=O)C(C(C)O)NC3=O)cc2)cc1. The molecule has 13 unspecified atom stereocenters. The van der Waals surface area contributed by atoms with Crippen molar-refractivity contribution in [3.63, 3.8) is 0 Å². The molecule has 27 nitrogen and oxygen atoms in total. The van der Waals surface area contributed by atoms with Crippen molar-refractivity contribution in [2.45, 2.75) is 158 Å². The van der Waals surface area contributed by atoms with Crippen molar-refractivity contribution in [3.8, 4) is 22.6 Å². The lowest BCUT2D eigenvalue weighted by Crippen LogP contribution is -2.64. The van der Waals surface area contributed by atoms with E-state index in [4.69, 9.17) is 15.2 Å². The van der Waals surface area contributed by atoms with Crippen LogP contribution in [0, 0.1) is 5.92 Å². The molecule has 28 heteroatoms. The van der Waals surface area contributed by atoms with Crippen LogP contribution in [0.1, 0.15) is 93.6 Å². The van der Waals surface area contributed by atoms with Gasteiger partial charge in [-0.2, -0.15) is 0 Å². The number of hydrogen-bond acceptors (Lipinski definition) is 20. The molecule has 0 spiro atoms. The molecule has 0 aromatic heterocycles. The number of aliphatic hydroxyl groups is 6. The van der Waals surface area contributed by atoms with Gasteiger partial charge in [-0.3, -0.25) is 38.4 Å². The van der Waals surface area contributed by atoms with Crippen molar-refractivity contribution in [3.05, 3.63) is 83.4 Å². The number of phenolic OH excluding ortho intramolecular Hbond substituents is 1. The average Bonchev–Trinajstić information content (AvgIpc) is 4.15. The van der Waals surface area contributed by atoms with E-state index in [0.717, 1.165) is 65.7 Å². The van der Waals surface area contributed by atoms with E-state index < -0.39 is 177 Å². The molecule has 3 aliphatic heterocycles. The summed E-state index contributed by atoms with van der Waals surface area (Å²) in [5.41, 5.74) is 8.42. The molecule has 3 aliphatic rings. The highest BCUT2D eigenvalue weighted by molar-refractivity contribution is 7.90. The summed E-state index contributed by atoms with van der Waals surface area (Å²) in [5, 5.41) is 102. The standard InChI is InChI=1S/C55H74N8O19S/c1-4-5-6-7-8-9-30-10-13-32(14-11-30)33-15-17-34(18-16-33)49(72)58-37-22-35(65)25-57-53(76)47-48(71)28(2)26-63(47)55(78)46(41(69)24-43(56)70)61-52(75)45(40(68)20-31-12-19-39(67)42(21-31)80-83-82-81-79)60-51(74)38-23-36(66)27-62(38)54(77)44(29(3)64)59-50(37)73/h10-19,21,28-29,35-38,40-41,44-48,64-69,71,79H,4-9,20,22-27H2,1-3H3,(H2,56,70)(H,57,76)(H,58,72)(H,59,73)(H,60,74)(H,61,75). The van der Waals surface area contributed by atoms with Crippen molar-refractivity contribution < 1.29 is 92.9 Å². The molecule has 83 heavy (non-hydrogen) atoms. The third-order valence-corrected chi connectivity index (χ3v) is 15.2. The second-order valence-electron chi connectivity index (χ2n) is 21.2. The van der Waals surface area contributed by atoms with Gasteiger partial charge in [0.1, 0.15) is 36.3 Å². The quantitative estimate of drug-likeness (QED) is 0.0272. The third kappa shape index (κ3) is 17.5. The molecule has 454 valence electrons. The summed E-state index contributed by atoms with van der Waals surface area (Å²) in [5.74, 6) is -10.9. The minimum Gasteiger partial charge on any atom is -0.504 e. The van der Waals surface area contributed by atoms with Gasteiger partial charge in [0.05, 0.1) is 43.0 Å². The van der Waals surface area contributed by atoms with Crippen LogP contribution >= 0.6 is 12.3 Å². The molecular weight excluding hydrogens is 1110 g/mol. The van der Waals surface area contributed by atoms with Crippen molar-refractivity contribution in [2.24, 2.45) is 11.7 Å². The number of carbonyl (C=O) groups is 8. The zero-order valence-electron chi connectivity index (χ0n) is 46.0. The van der Waals surface area contributed by atoms with Crippen LogP contribution in [0.2, 0.25) is 0 Å². The number of rotatable bonds is 20. The summed E-state index contributed by atoms with van der Waals surface area (Å²) in [6.45, 7) is 3.11. The molecule has 0 aliphatic carbocycles. The summed E-state index contributed by atoms with van der Waals surface area (Å²) in [6, 6.07) is 6.45. The van der Waals surface area contributed by atoms with Gasteiger partial charge < -0.3 is 82.0 Å². The first kappa shape index (κ1) is 65.2. The molecule has 3 saturated heterocycles. The highest BCUT2D eigenvalue weighted by atomic mass is 32.2. The highest BCUT2D eigenvalue weighted by Gasteiger charge is 2.50. The number of carbonyl (C=O) groups excluding carboxylic acids is 8. The predicted molar refractivity (Wildman–Crippen MR) is 294 cm³/mol. The number of phenols is 1. The number of nitrogens with two attached hydrogens (primary N) is 1. The van der Waals surface area contributed by atoms with Crippen LogP contribution in [0.25, 0.3) is 11.1 Å². The summed E-state index contributed by atoms with van der Waals surface area (Å²) < 4.78 is 9.29. The van der Waals surface area contributed by atoms with Crippen LogP contribution in [-0.2, 0) is 55.8 Å². The number of nitrogens with zero attached hydrogens (tertiary/aromatic N) is 2. The van der Waals surface area contributed by atoms with E-state index in [0.29, 0.717) is 0 Å².